The number of benzene rings is 2. The maximum atomic E-state index is 13.4. The summed E-state index contributed by atoms with van der Waals surface area (Å²) < 4.78 is 11.5. The van der Waals surface area contributed by atoms with Crippen LogP contribution >= 0.6 is 11.8 Å². The van der Waals surface area contributed by atoms with Crippen molar-refractivity contribution < 1.29 is 24.2 Å². The van der Waals surface area contributed by atoms with E-state index in [2.05, 4.69) is 15.6 Å². The second-order valence-electron chi connectivity index (χ2n) is 9.62. The number of piperidine rings is 1. The maximum Gasteiger partial charge on any atom is 0.415 e. The number of thioether (sulfide) groups is 1. The van der Waals surface area contributed by atoms with E-state index in [4.69, 9.17) is 9.47 Å². The lowest BCUT2D eigenvalue weighted by atomic mass is 9.81. The van der Waals surface area contributed by atoms with Gasteiger partial charge >= 0.3 is 6.09 Å². The molecule has 1 unspecified atom stereocenters. The summed E-state index contributed by atoms with van der Waals surface area (Å²) in [5.41, 5.74) is 2.08. The molecule has 9 nitrogen and oxygen atoms in total. The van der Waals surface area contributed by atoms with E-state index in [1.54, 1.807) is 18.2 Å². The number of aliphatic hydroxyl groups is 1. The van der Waals surface area contributed by atoms with Crippen molar-refractivity contribution in [2.24, 2.45) is 0 Å². The summed E-state index contributed by atoms with van der Waals surface area (Å²) in [4.78, 5) is 32.4. The van der Waals surface area contributed by atoms with Crippen LogP contribution in [0, 0.1) is 0 Å². The Kier molecular flexibility index (Phi) is 6.18. The molecule has 2 saturated heterocycles. The van der Waals surface area contributed by atoms with Gasteiger partial charge in [-0.25, -0.2) is 4.79 Å². The van der Waals surface area contributed by atoms with Crippen molar-refractivity contribution in [1.29, 1.82) is 0 Å². The summed E-state index contributed by atoms with van der Waals surface area (Å²) in [5.74, 6) is 0.979. The first-order chi connectivity index (χ1) is 18.0. The molecule has 2 fully saturated rings. The number of aromatic nitrogens is 1. The average Bonchev–Trinajstić information content (AvgIpc) is 3.17. The van der Waals surface area contributed by atoms with Crippen LogP contribution in [0.1, 0.15) is 30.9 Å². The van der Waals surface area contributed by atoms with Gasteiger partial charge < -0.3 is 25.2 Å². The smallest absolute Gasteiger partial charge is 0.415 e. The van der Waals surface area contributed by atoms with Crippen molar-refractivity contribution in [3.05, 3.63) is 54.2 Å². The first-order valence-electron chi connectivity index (χ1n) is 12.4. The molecule has 3 N–H and O–H groups in total. The SMILES string of the molecule is COc1ccc2nccc([C@H](O)CC3N(c4ccc5c(c4)NC(=O)CS5)C(=O)OC34CCNCC4)c2c1. The molecule has 3 aromatic rings. The highest BCUT2D eigenvalue weighted by Crippen LogP contribution is 2.45. The van der Waals surface area contributed by atoms with E-state index >= 15 is 0 Å². The predicted molar refractivity (Wildman–Crippen MR) is 141 cm³/mol. The standard InChI is InChI=1S/C27H28N4O5S/c1-35-17-3-4-20-19(13-17)18(6-9-29-20)22(32)14-24-27(7-10-28-11-8-27)36-26(34)31(24)16-2-5-23-21(12-16)30-25(33)15-37-23/h2-6,9,12-13,22,24,28,32H,7-8,10-11,14-15H2,1H3,(H,30,33)/t22-,24?/m1/s1. The van der Waals surface area contributed by atoms with E-state index in [1.807, 2.05) is 42.5 Å². The number of hydrogen-bond acceptors (Lipinski definition) is 8. The van der Waals surface area contributed by atoms with Gasteiger partial charge in [0.05, 0.1) is 36.2 Å². The van der Waals surface area contributed by atoms with Gasteiger partial charge in [-0.1, -0.05) is 0 Å². The van der Waals surface area contributed by atoms with Gasteiger partial charge in [0.2, 0.25) is 5.91 Å². The van der Waals surface area contributed by atoms with Crippen molar-refractivity contribution in [2.45, 2.75) is 41.9 Å². The summed E-state index contributed by atoms with van der Waals surface area (Å²) in [6, 6.07) is 12.6. The molecule has 2 aromatic carbocycles. The van der Waals surface area contributed by atoms with Crippen LogP contribution in [0.15, 0.2) is 53.6 Å². The van der Waals surface area contributed by atoms with E-state index in [0.717, 1.165) is 34.5 Å². The van der Waals surface area contributed by atoms with Gasteiger partial charge in [0.15, 0.2) is 0 Å². The minimum Gasteiger partial charge on any atom is -0.497 e. The lowest BCUT2D eigenvalue weighted by Gasteiger charge is -2.39. The highest BCUT2D eigenvalue weighted by Gasteiger charge is 2.55. The Hall–Kier alpha value is -3.34. The van der Waals surface area contributed by atoms with E-state index in [9.17, 15) is 14.7 Å². The highest BCUT2D eigenvalue weighted by atomic mass is 32.2. The van der Waals surface area contributed by atoms with Crippen molar-refractivity contribution in [3.63, 3.8) is 0 Å². The minimum absolute atomic E-state index is 0.0690. The zero-order valence-corrected chi connectivity index (χ0v) is 21.2. The lowest BCUT2D eigenvalue weighted by Crippen LogP contribution is -2.52. The molecule has 1 aromatic heterocycles. The van der Waals surface area contributed by atoms with Crippen LogP contribution in [0.3, 0.4) is 0 Å². The number of nitrogens with one attached hydrogen (secondary N) is 2. The second-order valence-corrected chi connectivity index (χ2v) is 10.6. The third kappa shape index (κ3) is 4.28. The summed E-state index contributed by atoms with van der Waals surface area (Å²) in [5, 5.41) is 18.7. The van der Waals surface area contributed by atoms with E-state index in [0.29, 0.717) is 35.7 Å². The van der Waals surface area contributed by atoms with E-state index in [-0.39, 0.29) is 12.3 Å². The highest BCUT2D eigenvalue weighted by molar-refractivity contribution is 8.00. The number of anilines is 2. The Bertz CT molecular complexity index is 1380. The molecule has 37 heavy (non-hydrogen) atoms. The Morgan fingerprint density at radius 1 is 1.22 bits per heavy atom. The first-order valence-corrected chi connectivity index (χ1v) is 13.4. The van der Waals surface area contributed by atoms with Gasteiger partial charge in [-0.3, -0.25) is 14.7 Å². The van der Waals surface area contributed by atoms with Crippen molar-refractivity contribution in [1.82, 2.24) is 10.3 Å². The quantitative estimate of drug-likeness (QED) is 0.465. The van der Waals surface area contributed by atoms with Crippen LogP contribution in [0.4, 0.5) is 16.2 Å². The van der Waals surface area contributed by atoms with Crippen LogP contribution in [0.5, 0.6) is 5.75 Å². The van der Waals surface area contributed by atoms with Crippen molar-refractivity contribution in [2.75, 3.05) is 36.2 Å². The molecule has 2 amide bonds. The molecule has 3 aliphatic rings. The molecule has 3 aliphatic heterocycles. The van der Waals surface area contributed by atoms with Gasteiger partial charge in [0.25, 0.3) is 0 Å². The molecule has 4 heterocycles. The Labute approximate surface area is 218 Å². The fourth-order valence-corrected chi connectivity index (χ4v) is 6.46. The monoisotopic (exact) mass is 520 g/mol. The van der Waals surface area contributed by atoms with Gasteiger partial charge in [0, 0.05) is 41.4 Å². The molecule has 1 spiro atoms. The number of nitrogens with zero attached hydrogens (tertiary/aromatic N) is 2. The average molecular weight is 521 g/mol. The fourth-order valence-electron chi connectivity index (χ4n) is 5.67. The maximum absolute atomic E-state index is 13.4. The molecule has 0 radical (unpaired) electrons. The number of hydrogen-bond donors (Lipinski definition) is 3. The number of amides is 2. The van der Waals surface area contributed by atoms with Crippen LogP contribution in [-0.4, -0.2) is 59.7 Å². The fraction of sp³-hybridized carbons (Fsp3) is 0.370. The van der Waals surface area contributed by atoms with Crippen molar-refractivity contribution in [3.8, 4) is 5.75 Å². The number of rotatable bonds is 5. The zero-order valence-electron chi connectivity index (χ0n) is 20.4. The number of carbonyl (C=O) groups excluding carboxylic acids is 2. The van der Waals surface area contributed by atoms with Crippen LogP contribution in [-0.2, 0) is 9.53 Å². The normalized spacial score (nSPS) is 21.5. The first kappa shape index (κ1) is 24.0. The summed E-state index contributed by atoms with van der Waals surface area (Å²) in [6.45, 7) is 1.44. The molecule has 0 bridgehead atoms. The van der Waals surface area contributed by atoms with Gasteiger partial charge in [-0.2, -0.15) is 0 Å². The predicted octanol–water partition coefficient (Wildman–Crippen LogP) is 3.86. The largest absolute Gasteiger partial charge is 0.497 e. The number of methoxy groups -OCH3 is 1. The van der Waals surface area contributed by atoms with E-state index in [1.165, 1.54) is 11.8 Å². The number of carbonyl (C=O) groups is 2. The lowest BCUT2D eigenvalue weighted by molar-refractivity contribution is -0.113. The molecular weight excluding hydrogens is 492 g/mol. The molecule has 10 heteroatoms. The molecule has 2 atom stereocenters. The summed E-state index contributed by atoms with van der Waals surface area (Å²) in [7, 11) is 1.60. The third-order valence-electron chi connectivity index (χ3n) is 7.52. The molecule has 0 aliphatic carbocycles. The zero-order chi connectivity index (χ0) is 25.6. The molecule has 0 saturated carbocycles. The topological polar surface area (TPSA) is 113 Å². The Balaban J connectivity index is 1.39. The van der Waals surface area contributed by atoms with Gasteiger partial charge in [0.1, 0.15) is 11.4 Å². The van der Waals surface area contributed by atoms with Crippen LogP contribution < -0.4 is 20.3 Å². The van der Waals surface area contributed by atoms with Gasteiger partial charge in [-0.15, -0.1) is 11.8 Å². The second kappa shape index (κ2) is 9.51. The molecule has 6 rings (SSSR count). The molecule has 192 valence electrons. The van der Waals surface area contributed by atoms with E-state index < -0.39 is 23.8 Å². The van der Waals surface area contributed by atoms with Crippen LogP contribution in [0.25, 0.3) is 10.9 Å². The summed E-state index contributed by atoms with van der Waals surface area (Å²) in [6.07, 6.45) is 1.95. The minimum atomic E-state index is -0.876. The summed E-state index contributed by atoms with van der Waals surface area (Å²) >= 11 is 1.47. The van der Waals surface area contributed by atoms with Crippen LogP contribution in [0.2, 0.25) is 0 Å². The number of ether oxygens (including phenoxy) is 2. The Morgan fingerprint density at radius 2 is 2.05 bits per heavy atom. The molecular formula is C27H28N4O5S. The Morgan fingerprint density at radius 3 is 2.86 bits per heavy atom. The number of fused-ring (bicyclic) bond motifs is 2. The van der Waals surface area contributed by atoms with Crippen molar-refractivity contribution >= 4 is 46.0 Å². The number of pyridine rings is 1. The number of aliphatic hydroxyl groups excluding tert-OH is 1. The van der Waals surface area contributed by atoms with Gasteiger partial charge in [-0.05, 0) is 61.1 Å². The third-order valence-corrected chi connectivity index (χ3v) is 8.59.